The van der Waals surface area contributed by atoms with Gasteiger partial charge >= 0.3 is 0 Å². The van der Waals surface area contributed by atoms with Gasteiger partial charge in [0.15, 0.2) is 5.65 Å². The van der Waals surface area contributed by atoms with Gasteiger partial charge in [-0.2, -0.15) is 5.10 Å². The average molecular weight is 261 g/mol. The standard InChI is InChI=1S/C13H19N5O/c1-3-18-6-4-10(5-7-18)19-13-11-9(2)16-17-12(11)14-8-15-13/h8,10H,3-7H2,1-2H3,(H,14,15,16,17). The number of likely N-dealkylation sites (tertiary alicyclic amines) is 1. The van der Waals surface area contributed by atoms with E-state index in [2.05, 4.69) is 32.0 Å². The van der Waals surface area contributed by atoms with E-state index in [0.29, 0.717) is 11.5 Å². The minimum absolute atomic E-state index is 0.246. The van der Waals surface area contributed by atoms with E-state index in [-0.39, 0.29) is 6.10 Å². The molecule has 1 aliphatic rings. The SMILES string of the molecule is CCN1CCC(Oc2ncnc3n[nH]c(C)c23)CC1. The first-order valence-electron chi connectivity index (χ1n) is 6.82. The molecule has 0 aromatic carbocycles. The van der Waals surface area contributed by atoms with Gasteiger partial charge in [0.2, 0.25) is 5.88 Å². The van der Waals surface area contributed by atoms with Gasteiger partial charge in [0.25, 0.3) is 0 Å². The van der Waals surface area contributed by atoms with Crippen molar-refractivity contribution in [2.45, 2.75) is 32.8 Å². The smallest absolute Gasteiger partial charge is 0.228 e. The number of nitrogens with zero attached hydrogens (tertiary/aromatic N) is 4. The number of aryl methyl sites for hydroxylation is 1. The molecule has 0 unspecified atom stereocenters. The maximum Gasteiger partial charge on any atom is 0.228 e. The Morgan fingerprint density at radius 1 is 1.37 bits per heavy atom. The maximum atomic E-state index is 6.06. The second-order valence-corrected chi connectivity index (χ2v) is 4.98. The summed E-state index contributed by atoms with van der Waals surface area (Å²) in [5.41, 5.74) is 1.63. The fourth-order valence-corrected chi connectivity index (χ4v) is 2.56. The molecule has 1 aliphatic heterocycles. The Kier molecular flexibility index (Phi) is 3.33. The molecule has 0 spiro atoms. The third-order valence-corrected chi connectivity index (χ3v) is 3.76. The summed E-state index contributed by atoms with van der Waals surface area (Å²) in [6.45, 7) is 7.47. The molecular formula is C13H19N5O. The van der Waals surface area contributed by atoms with Crippen LogP contribution in [0.2, 0.25) is 0 Å². The van der Waals surface area contributed by atoms with Crippen LogP contribution in [-0.2, 0) is 0 Å². The van der Waals surface area contributed by atoms with Gasteiger partial charge in [0.05, 0.1) is 0 Å². The first kappa shape index (κ1) is 12.3. The summed E-state index contributed by atoms with van der Waals surface area (Å²) in [6.07, 6.45) is 3.86. The molecule has 0 aliphatic carbocycles. The fraction of sp³-hybridized carbons (Fsp3) is 0.615. The Bertz CT molecular complexity index is 559. The van der Waals surface area contributed by atoms with Gasteiger partial charge in [-0.05, 0) is 26.3 Å². The third-order valence-electron chi connectivity index (χ3n) is 3.76. The van der Waals surface area contributed by atoms with E-state index in [4.69, 9.17) is 4.74 Å². The second kappa shape index (κ2) is 5.13. The van der Waals surface area contributed by atoms with Crippen LogP contribution in [0.25, 0.3) is 11.0 Å². The normalized spacial score (nSPS) is 18.0. The lowest BCUT2D eigenvalue weighted by Crippen LogP contribution is -2.38. The van der Waals surface area contributed by atoms with Crippen LogP contribution in [0.5, 0.6) is 5.88 Å². The quantitative estimate of drug-likeness (QED) is 0.907. The van der Waals surface area contributed by atoms with Gasteiger partial charge in [-0.1, -0.05) is 6.92 Å². The zero-order valence-electron chi connectivity index (χ0n) is 11.4. The Morgan fingerprint density at radius 2 is 2.16 bits per heavy atom. The monoisotopic (exact) mass is 261 g/mol. The van der Waals surface area contributed by atoms with Crippen molar-refractivity contribution < 1.29 is 4.74 Å². The number of aromatic amines is 1. The number of piperidine rings is 1. The highest BCUT2D eigenvalue weighted by Gasteiger charge is 2.21. The van der Waals surface area contributed by atoms with Gasteiger partial charge in [-0.15, -0.1) is 0 Å². The molecule has 102 valence electrons. The highest BCUT2D eigenvalue weighted by Crippen LogP contribution is 2.25. The topological polar surface area (TPSA) is 66.9 Å². The molecule has 0 bridgehead atoms. The number of ether oxygens (including phenoxy) is 1. The van der Waals surface area contributed by atoms with E-state index >= 15 is 0 Å². The van der Waals surface area contributed by atoms with Crippen LogP contribution in [-0.4, -0.2) is 50.8 Å². The Morgan fingerprint density at radius 3 is 2.89 bits per heavy atom. The van der Waals surface area contributed by atoms with Crippen molar-refractivity contribution in [3.63, 3.8) is 0 Å². The molecular weight excluding hydrogens is 242 g/mol. The summed E-state index contributed by atoms with van der Waals surface area (Å²) in [5.74, 6) is 0.659. The highest BCUT2D eigenvalue weighted by atomic mass is 16.5. The minimum atomic E-state index is 0.246. The summed E-state index contributed by atoms with van der Waals surface area (Å²) < 4.78 is 6.06. The van der Waals surface area contributed by atoms with Crippen LogP contribution in [0.3, 0.4) is 0 Å². The van der Waals surface area contributed by atoms with E-state index in [9.17, 15) is 0 Å². The molecule has 0 saturated carbocycles. The second-order valence-electron chi connectivity index (χ2n) is 4.98. The van der Waals surface area contributed by atoms with Crippen molar-refractivity contribution in [2.24, 2.45) is 0 Å². The molecule has 6 heteroatoms. The zero-order chi connectivity index (χ0) is 13.2. The molecule has 0 radical (unpaired) electrons. The summed E-state index contributed by atoms with van der Waals surface area (Å²) in [6, 6.07) is 0. The molecule has 1 fully saturated rings. The van der Waals surface area contributed by atoms with Crippen molar-refractivity contribution in [3.05, 3.63) is 12.0 Å². The Labute approximate surface area is 112 Å². The Balaban J connectivity index is 1.77. The third kappa shape index (κ3) is 2.40. The van der Waals surface area contributed by atoms with Crippen molar-refractivity contribution in [2.75, 3.05) is 19.6 Å². The largest absolute Gasteiger partial charge is 0.474 e. The Hall–Kier alpha value is -1.69. The predicted octanol–water partition coefficient (Wildman–Crippen LogP) is 1.52. The summed E-state index contributed by atoms with van der Waals surface area (Å²) >= 11 is 0. The van der Waals surface area contributed by atoms with Gasteiger partial charge in [-0.25, -0.2) is 9.97 Å². The van der Waals surface area contributed by atoms with Gasteiger partial charge in [0.1, 0.15) is 17.8 Å². The molecule has 0 amide bonds. The number of rotatable bonds is 3. The van der Waals surface area contributed by atoms with Gasteiger partial charge in [0, 0.05) is 18.8 Å². The molecule has 3 rings (SSSR count). The summed E-state index contributed by atoms with van der Waals surface area (Å²) in [5, 5.41) is 7.97. The van der Waals surface area contributed by atoms with Crippen molar-refractivity contribution >= 4 is 11.0 Å². The van der Waals surface area contributed by atoms with Crippen molar-refractivity contribution in [3.8, 4) is 5.88 Å². The molecule has 0 atom stereocenters. The predicted molar refractivity (Wildman–Crippen MR) is 72.2 cm³/mol. The van der Waals surface area contributed by atoms with Crippen LogP contribution in [0.1, 0.15) is 25.5 Å². The van der Waals surface area contributed by atoms with E-state index in [1.54, 1.807) is 0 Å². The number of hydrogen-bond acceptors (Lipinski definition) is 5. The molecule has 6 nitrogen and oxygen atoms in total. The van der Waals surface area contributed by atoms with Crippen LogP contribution in [0.4, 0.5) is 0 Å². The molecule has 3 heterocycles. The zero-order valence-corrected chi connectivity index (χ0v) is 11.4. The summed E-state index contributed by atoms with van der Waals surface area (Å²) in [4.78, 5) is 10.8. The number of hydrogen-bond donors (Lipinski definition) is 1. The lowest BCUT2D eigenvalue weighted by molar-refractivity contribution is 0.101. The molecule has 1 saturated heterocycles. The van der Waals surface area contributed by atoms with E-state index in [1.165, 1.54) is 6.33 Å². The van der Waals surface area contributed by atoms with Crippen molar-refractivity contribution in [1.29, 1.82) is 0 Å². The van der Waals surface area contributed by atoms with E-state index in [0.717, 1.165) is 43.6 Å². The molecule has 2 aromatic rings. The van der Waals surface area contributed by atoms with Crippen LogP contribution in [0.15, 0.2) is 6.33 Å². The fourth-order valence-electron chi connectivity index (χ4n) is 2.56. The van der Waals surface area contributed by atoms with Gasteiger partial charge < -0.3 is 9.64 Å². The first-order chi connectivity index (χ1) is 9.28. The minimum Gasteiger partial charge on any atom is -0.474 e. The van der Waals surface area contributed by atoms with Crippen LogP contribution < -0.4 is 4.74 Å². The molecule has 2 aromatic heterocycles. The van der Waals surface area contributed by atoms with Crippen LogP contribution in [0, 0.1) is 6.92 Å². The van der Waals surface area contributed by atoms with Gasteiger partial charge in [-0.3, -0.25) is 5.10 Å². The first-order valence-corrected chi connectivity index (χ1v) is 6.82. The number of aromatic nitrogens is 4. The lowest BCUT2D eigenvalue weighted by atomic mass is 10.1. The number of H-pyrrole nitrogens is 1. The summed E-state index contributed by atoms with van der Waals surface area (Å²) in [7, 11) is 0. The molecule has 1 N–H and O–H groups in total. The van der Waals surface area contributed by atoms with Crippen molar-refractivity contribution in [1.82, 2.24) is 25.1 Å². The average Bonchev–Trinajstić information content (AvgIpc) is 2.83. The lowest BCUT2D eigenvalue weighted by Gasteiger charge is -2.30. The number of nitrogens with one attached hydrogen (secondary N) is 1. The highest BCUT2D eigenvalue weighted by molar-refractivity contribution is 5.82. The van der Waals surface area contributed by atoms with Crippen LogP contribution >= 0.6 is 0 Å². The maximum absolute atomic E-state index is 6.06. The number of fused-ring (bicyclic) bond motifs is 1. The molecule has 19 heavy (non-hydrogen) atoms. The van der Waals surface area contributed by atoms with E-state index in [1.807, 2.05) is 6.92 Å². The van der Waals surface area contributed by atoms with E-state index < -0.39 is 0 Å².